The van der Waals surface area contributed by atoms with Gasteiger partial charge in [0.05, 0.1) is 18.3 Å². The molecule has 0 spiro atoms. The minimum atomic E-state index is 0.245. The molecule has 0 aliphatic rings. The minimum Gasteiger partial charge on any atom is -0.711 e. The molecule has 0 saturated carbocycles. The van der Waals surface area contributed by atoms with Crippen LogP contribution in [0.2, 0.25) is 0 Å². The van der Waals surface area contributed by atoms with Gasteiger partial charge in [0.15, 0.2) is 0 Å². The zero-order chi connectivity index (χ0) is 11.6. The standard InChI is InChI=1S/C11H19N3O/c1-8(2)14(9(3)4)11-10(12)6-5-7-13(11)15/h5-9H,12H2,1-4H3. The maximum absolute atomic E-state index is 11.7. The van der Waals surface area contributed by atoms with Crippen molar-refractivity contribution in [2.24, 2.45) is 0 Å². The summed E-state index contributed by atoms with van der Waals surface area (Å²) in [7, 11) is 0. The third kappa shape index (κ3) is 2.32. The normalized spacial score (nSPS) is 11.1. The van der Waals surface area contributed by atoms with Gasteiger partial charge in [-0.15, -0.1) is 0 Å². The zero-order valence-electron chi connectivity index (χ0n) is 9.77. The van der Waals surface area contributed by atoms with Crippen molar-refractivity contribution >= 4 is 11.5 Å². The van der Waals surface area contributed by atoms with E-state index in [0.717, 1.165) is 4.73 Å². The second-order valence-electron chi connectivity index (χ2n) is 4.21. The van der Waals surface area contributed by atoms with Crippen LogP contribution in [0.1, 0.15) is 27.7 Å². The van der Waals surface area contributed by atoms with Crippen LogP contribution in [0.15, 0.2) is 18.3 Å². The number of anilines is 2. The van der Waals surface area contributed by atoms with E-state index in [-0.39, 0.29) is 12.1 Å². The van der Waals surface area contributed by atoms with Crippen LogP contribution in [-0.2, 0) is 0 Å². The minimum absolute atomic E-state index is 0.245. The van der Waals surface area contributed by atoms with Gasteiger partial charge in [0.2, 0.25) is 0 Å². The lowest BCUT2D eigenvalue weighted by Crippen LogP contribution is -2.45. The van der Waals surface area contributed by atoms with Crippen molar-refractivity contribution in [3.05, 3.63) is 23.5 Å². The van der Waals surface area contributed by atoms with Gasteiger partial charge in [-0.25, -0.2) is 4.73 Å². The van der Waals surface area contributed by atoms with E-state index in [1.165, 1.54) is 6.20 Å². The Morgan fingerprint density at radius 2 is 1.80 bits per heavy atom. The van der Waals surface area contributed by atoms with Crippen LogP contribution in [0, 0.1) is 5.21 Å². The van der Waals surface area contributed by atoms with Crippen LogP contribution < -0.4 is 15.4 Å². The second-order valence-corrected chi connectivity index (χ2v) is 4.21. The molecule has 1 rings (SSSR count). The largest absolute Gasteiger partial charge is 0.711 e. The molecule has 0 unspecified atom stereocenters. The summed E-state index contributed by atoms with van der Waals surface area (Å²) in [6.45, 7) is 8.19. The first-order valence-electron chi connectivity index (χ1n) is 5.21. The first-order chi connectivity index (χ1) is 6.95. The quantitative estimate of drug-likeness (QED) is 0.606. The Balaban J connectivity index is 3.22. The molecular weight excluding hydrogens is 190 g/mol. The van der Waals surface area contributed by atoms with E-state index in [1.54, 1.807) is 12.1 Å². The Labute approximate surface area is 90.9 Å². The lowest BCUT2D eigenvalue weighted by Gasteiger charge is -2.28. The van der Waals surface area contributed by atoms with E-state index in [4.69, 9.17) is 5.73 Å². The van der Waals surface area contributed by atoms with Gasteiger partial charge in [-0.3, -0.25) is 4.90 Å². The average Bonchev–Trinajstić information content (AvgIpc) is 2.09. The molecular formula is C11H19N3O. The van der Waals surface area contributed by atoms with Gasteiger partial charge >= 0.3 is 5.82 Å². The van der Waals surface area contributed by atoms with E-state index in [2.05, 4.69) is 0 Å². The molecule has 0 saturated heterocycles. The van der Waals surface area contributed by atoms with Gasteiger partial charge in [0, 0.05) is 0 Å². The first-order valence-corrected chi connectivity index (χ1v) is 5.21. The molecule has 0 aromatic carbocycles. The summed E-state index contributed by atoms with van der Waals surface area (Å²) in [5, 5.41) is 11.7. The smallest absolute Gasteiger partial charge is 0.303 e. The SMILES string of the molecule is CC(C)N(c1c(N)ccc[n+]1[O-])C(C)C. The number of nitrogens with zero attached hydrogens (tertiary/aromatic N) is 2. The van der Waals surface area contributed by atoms with Crippen LogP contribution in [0.3, 0.4) is 0 Å². The fraction of sp³-hybridized carbons (Fsp3) is 0.545. The van der Waals surface area contributed by atoms with Crippen molar-refractivity contribution < 1.29 is 4.73 Å². The highest BCUT2D eigenvalue weighted by Crippen LogP contribution is 2.22. The first kappa shape index (κ1) is 11.6. The number of nitrogen functional groups attached to an aromatic ring is 1. The molecule has 0 bridgehead atoms. The lowest BCUT2D eigenvalue weighted by atomic mass is 10.2. The number of pyridine rings is 1. The maximum Gasteiger partial charge on any atom is 0.303 e. The molecule has 84 valence electrons. The van der Waals surface area contributed by atoms with Crippen LogP contribution in [0.25, 0.3) is 0 Å². The van der Waals surface area contributed by atoms with Crippen molar-refractivity contribution in [2.75, 3.05) is 10.6 Å². The summed E-state index contributed by atoms with van der Waals surface area (Å²) >= 11 is 0. The molecule has 4 heteroatoms. The van der Waals surface area contributed by atoms with Crippen molar-refractivity contribution in [3.63, 3.8) is 0 Å². The van der Waals surface area contributed by atoms with Gasteiger partial charge in [0.25, 0.3) is 0 Å². The Morgan fingerprint density at radius 3 is 2.20 bits per heavy atom. The van der Waals surface area contributed by atoms with E-state index in [0.29, 0.717) is 11.5 Å². The number of hydrogen-bond donors (Lipinski definition) is 1. The average molecular weight is 209 g/mol. The highest BCUT2D eigenvalue weighted by Gasteiger charge is 2.26. The van der Waals surface area contributed by atoms with Gasteiger partial charge in [0.1, 0.15) is 5.69 Å². The third-order valence-corrected chi connectivity index (χ3v) is 2.32. The van der Waals surface area contributed by atoms with E-state index in [1.807, 2.05) is 32.6 Å². The molecule has 0 aliphatic carbocycles. The monoisotopic (exact) mass is 209 g/mol. The highest BCUT2D eigenvalue weighted by atomic mass is 16.5. The third-order valence-electron chi connectivity index (χ3n) is 2.32. The van der Waals surface area contributed by atoms with Crippen LogP contribution in [0.5, 0.6) is 0 Å². The van der Waals surface area contributed by atoms with Crippen LogP contribution in [0.4, 0.5) is 11.5 Å². The Morgan fingerprint density at radius 1 is 1.27 bits per heavy atom. The number of nitrogens with two attached hydrogens (primary N) is 1. The topological polar surface area (TPSA) is 56.2 Å². The number of rotatable bonds is 3. The molecule has 0 amide bonds. The van der Waals surface area contributed by atoms with Gasteiger partial charge in [-0.05, 0) is 39.8 Å². The highest BCUT2D eigenvalue weighted by molar-refractivity contribution is 5.59. The summed E-state index contributed by atoms with van der Waals surface area (Å²) in [6.07, 6.45) is 1.48. The molecule has 1 aromatic rings. The van der Waals surface area contributed by atoms with E-state index >= 15 is 0 Å². The summed E-state index contributed by atoms with van der Waals surface area (Å²) < 4.78 is 0.829. The van der Waals surface area contributed by atoms with E-state index < -0.39 is 0 Å². The fourth-order valence-corrected chi connectivity index (χ4v) is 1.85. The number of aromatic nitrogens is 1. The molecule has 0 radical (unpaired) electrons. The Kier molecular flexibility index (Phi) is 3.39. The van der Waals surface area contributed by atoms with E-state index in [9.17, 15) is 5.21 Å². The predicted octanol–water partition coefficient (Wildman–Crippen LogP) is 1.53. The maximum atomic E-state index is 11.7. The zero-order valence-corrected chi connectivity index (χ0v) is 9.77. The molecule has 4 nitrogen and oxygen atoms in total. The molecule has 2 N–H and O–H groups in total. The molecule has 0 fully saturated rings. The van der Waals surface area contributed by atoms with Gasteiger partial charge in [-0.2, -0.15) is 0 Å². The van der Waals surface area contributed by atoms with Crippen molar-refractivity contribution in [2.45, 2.75) is 39.8 Å². The molecule has 0 atom stereocenters. The summed E-state index contributed by atoms with van der Waals surface area (Å²) in [5.74, 6) is 0.544. The molecule has 1 aromatic heterocycles. The predicted molar refractivity (Wildman–Crippen MR) is 62.6 cm³/mol. The van der Waals surface area contributed by atoms with Gasteiger partial charge < -0.3 is 10.9 Å². The van der Waals surface area contributed by atoms with Crippen molar-refractivity contribution in [1.82, 2.24) is 0 Å². The molecule has 1 heterocycles. The summed E-state index contributed by atoms with van der Waals surface area (Å²) in [5.41, 5.74) is 6.36. The fourth-order valence-electron chi connectivity index (χ4n) is 1.85. The van der Waals surface area contributed by atoms with Gasteiger partial charge in [-0.1, -0.05) is 0 Å². The summed E-state index contributed by atoms with van der Waals surface area (Å²) in [6, 6.07) is 3.90. The Hall–Kier alpha value is -1.45. The van der Waals surface area contributed by atoms with Crippen molar-refractivity contribution in [3.8, 4) is 0 Å². The molecule has 15 heavy (non-hydrogen) atoms. The van der Waals surface area contributed by atoms with Crippen LogP contribution >= 0.6 is 0 Å². The van der Waals surface area contributed by atoms with Crippen LogP contribution in [-0.4, -0.2) is 12.1 Å². The number of hydrogen-bond acceptors (Lipinski definition) is 3. The summed E-state index contributed by atoms with van der Waals surface area (Å²) in [4.78, 5) is 2.02. The lowest BCUT2D eigenvalue weighted by molar-refractivity contribution is -0.592. The second kappa shape index (κ2) is 4.38. The Bertz CT molecular complexity index is 308. The van der Waals surface area contributed by atoms with Crippen molar-refractivity contribution in [1.29, 1.82) is 0 Å². The molecule has 0 aliphatic heterocycles.